The maximum absolute atomic E-state index is 6.30. The molecule has 0 amide bonds. The molecule has 0 atom stereocenters. The summed E-state index contributed by atoms with van der Waals surface area (Å²) < 4.78 is 0. The van der Waals surface area contributed by atoms with Crippen LogP contribution < -0.4 is 10.2 Å². The molecule has 96 valence electrons. The molecular weight excluding hydrogens is 252 g/mol. The van der Waals surface area contributed by atoms with Crippen molar-refractivity contribution in [1.29, 1.82) is 0 Å². The molecule has 0 bridgehead atoms. The third kappa shape index (κ3) is 4.41. The SMILES string of the molecule is CNCc1cccc(Cl)c1N(C)CCCSC. The fourth-order valence-corrected chi connectivity index (χ4v) is 2.63. The van der Waals surface area contributed by atoms with Gasteiger partial charge in [0.05, 0.1) is 10.7 Å². The highest BCUT2D eigenvalue weighted by atomic mass is 35.5. The molecule has 1 aromatic carbocycles. The Morgan fingerprint density at radius 3 is 2.82 bits per heavy atom. The van der Waals surface area contributed by atoms with Crippen molar-refractivity contribution in [1.82, 2.24) is 5.32 Å². The quantitative estimate of drug-likeness (QED) is 0.767. The van der Waals surface area contributed by atoms with Gasteiger partial charge in [0.15, 0.2) is 0 Å². The van der Waals surface area contributed by atoms with Crippen LogP contribution in [0.4, 0.5) is 5.69 Å². The summed E-state index contributed by atoms with van der Waals surface area (Å²) in [5.41, 5.74) is 2.41. The summed E-state index contributed by atoms with van der Waals surface area (Å²) in [4.78, 5) is 2.26. The van der Waals surface area contributed by atoms with E-state index in [1.54, 1.807) is 0 Å². The van der Waals surface area contributed by atoms with Crippen molar-refractivity contribution in [3.05, 3.63) is 28.8 Å². The predicted molar refractivity (Wildman–Crippen MR) is 80.5 cm³/mol. The monoisotopic (exact) mass is 272 g/mol. The smallest absolute Gasteiger partial charge is 0.0642 e. The van der Waals surface area contributed by atoms with Crippen LogP contribution in [0, 0.1) is 0 Å². The maximum Gasteiger partial charge on any atom is 0.0642 e. The Morgan fingerprint density at radius 2 is 2.18 bits per heavy atom. The third-order valence-corrected chi connectivity index (χ3v) is 3.66. The van der Waals surface area contributed by atoms with Crippen LogP contribution in [0.1, 0.15) is 12.0 Å². The average Bonchev–Trinajstić information content (AvgIpc) is 2.30. The summed E-state index contributed by atoms with van der Waals surface area (Å²) in [6, 6.07) is 6.10. The first-order chi connectivity index (χ1) is 8.20. The molecule has 0 saturated heterocycles. The van der Waals surface area contributed by atoms with Crippen LogP contribution in [0.3, 0.4) is 0 Å². The van der Waals surface area contributed by atoms with Gasteiger partial charge in [-0.1, -0.05) is 23.7 Å². The summed E-state index contributed by atoms with van der Waals surface area (Å²) >= 11 is 8.18. The van der Waals surface area contributed by atoms with E-state index < -0.39 is 0 Å². The molecule has 1 aromatic rings. The minimum Gasteiger partial charge on any atom is -0.373 e. The largest absolute Gasteiger partial charge is 0.373 e. The fraction of sp³-hybridized carbons (Fsp3) is 0.538. The second-order valence-corrected chi connectivity index (χ2v) is 5.44. The molecule has 2 nitrogen and oxygen atoms in total. The van der Waals surface area contributed by atoms with Gasteiger partial charge >= 0.3 is 0 Å². The zero-order chi connectivity index (χ0) is 12.7. The number of hydrogen-bond donors (Lipinski definition) is 1. The van der Waals surface area contributed by atoms with E-state index in [1.807, 2.05) is 30.9 Å². The minimum atomic E-state index is 0.837. The lowest BCUT2D eigenvalue weighted by molar-refractivity contribution is 0.799. The van der Waals surface area contributed by atoms with Gasteiger partial charge in [-0.25, -0.2) is 0 Å². The van der Waals surface area contributed by atoms with Crippen LogP contribution in [-0.2, 0) is 6.54 Å². The van der Waals surface area contributed by atoms with Crippen LogP contribution >= 0.6 is 23.4 Å². The van der Waals surface area contributed by atoms with Crippen LogP contribution in [0.5, 0.6) is 0 Å². The first-order valence-corrected chi connectivity index (χ1v) is 7.60. The highest BCUT2D eigenvalue weighted by Gasteiger charge is 2.10. The molecule has 0 aliphatic carbocycles. The van der Waals surface area contributed by atoms with E-state index in [1.165, 1.54) is 17.7 Å². The van der Waals surface area contributed by atoms with Gasteiger partial charge in [-0.2, -0.15) is 11.8 Å². The zero-order valence-corrected chi connectivity index (χ0v) is 12.4. The number of benzene rings is 1. The van der Waals surface area contributed by atoms with Crippen molar-refractivity contribution in [2.45, 2.75) is 13.0 Å². The highest BCUT2D eigenvalue weighted by Crippen LogP contribution is 2.29. The molecule has 0 aliphatic rings. The van der Waals surface area contributed by atoms with Crippen LogP contribution in [0.2, 0.25) is 5.02 Å². The fourth-order valence-electron chi connectivity index (χ4n) is 1.88. The molecule has 0 heterocycles. The third-order valence-electron chi connectivity index (χ3n) is 2.66. The van der Waals surface area contributed by atoms with Crippen molar-refractivity contribution in [2.24, 2.45) is 0 Å². The molecule has 0 radical (unpaired) electrons. The minimum absolute atomic E-state index is 0.837. The standard InChI is InChI=1S/C13H21ClN2S/c1-15-10-11-6-4-7-12(14)13(11)16(2)8-5-9-17-3/h4,6-7,15H,5,8-10H2,1-3H3. The number of halogens is 1. The van der Waals surface area contributed by atoms with Crippen molar-refractivity contribution in [2.75, 3.05) is 37.5 Å². The first-order valence-electron chi connectivity index (χ1n) is 5.82. The lowest BCUT2D eigenvalue weighted by Gasteiger charge is -2.23. The Bertz CT molecular complexity index is 344. The Labute approximate surface area is 114 Å². The lowest BCUT2D eigenvalue weighted by Crippen LogP contribution is -2.22. The first kappa shape index (κ1) is 14.7. The predicted octanol–water partition coefficient (Wildman–Crippen LogP) is 3.25. The van der Waals surface area contributed by atoms with Gasteiger partial charge in [0.1, 0.15) is 0 Å². The van der Waals surface area contributed by atoms with E-state index in [2.05, 4.69) is 29.6 Å². The summed E-state index contributed by atoms with van der Waals surface area (Å²) in [5.74, 6) is 1.19. The van der Waals surface area contributed by atoms with Crippen LogP contribution in [-0.4, -0.2) is 32.6 Å². The highest BCUT2D eigenvalue weighted by molar-refractivity contribution is 7.98. The van der Waals surface area contributed by atoms with Gasteiger partial charge in [0, 0.05) is 20.1 Å². The Balaban J connectivity index is 2.78. The van der Waals surface area contributed by atoms with E-state index in [9.17, 15) is 0 Å². The van der Waals surface area contributed by atoms with Gasteiger partial charge < -0.3 is 10.2 Å². The molecule has 0 aromatic heterocycles. The van der Waals surface area contributed by atoms with E-state index >= 15 is 0 Å². The molecule has 0 unspecified atom stereocenters. The van der Waals surface area contributed by atoms with E-state index in [-0.39, 0.29) is 0 Å². The Kier molecular flexibility index (Phi) is 6.78. The Hall–Kier alpha value is -0.380. The number of thioether (sulfide) groups is 1. The molecule has 0 saturated carbocycles. The van der Waals surface area contributed by atoms with Crippen LogP contribution in [0.15, 0.2) is 18.2 Å². The van der Waals surface area contributed by atoms with Gasteiger partial charge in [-0.15, -0.1) is 0 Å². The summed E-state index contributed by atoms with van der Waals surface area (Å²) in [6.07, 6.45) is 3.32. The van der Waals surface area contributed by atoms with Gasteiger partial charge in [0.2, 0.25) is 0 Å². The molecule has 17 heavy (non-hydrogen) atoms. The summed E-state index contributed by atoms with van der Waals surface area (Å²) in [5, 5.41) is 4.02. The topological polar surface area (TPSA) is 15.3 Å². The number of nitrogens with zero attached hydrogens (tertiary/aromatic N) is 1. The number of anilines is 1. The van der Waals surface area contributed by atoms with Crippen molar-refractivity contribution < 1.29 is 0 Å². The second-order valence-electron chi connectivity index (χ2n) is 4.05. The van der Waals surface area contributed by atoms with Crippen molar-refractivity contribution >= 4 is 29.1 Å². The van der Waals surface area contributed by atoms with Gasteiger partial charge in [0.25, 0.3) is 0 Å². The summed E-state index contributed by atoms with van der Waals surface area (Å²) in [6.45, 7) is 1.89. The number of nitrogens with one attached hydrogen (secondary N) is 1. The normalized spacial score (nSPS) is 10.6. The molecule has 0 fully saturated rings. The summed E-state index contributed by atoms with van der Waals surface area (Å²) in [7, 11) is 4.07. The maximum atomic E-state index is 6.30. The molecule has 1 N–H and O–H groups in total. The number of rotatable bonds is 7. The van der Waals surface area contributed by atoms with E-state index in [0.717, 1.165) is 23.8 Å². The molecule has 0 aliphatic heterocycles. The number of hydrogen-bond acceptors (Lipinski definition) is 3. The lowest BCUT2D eigenvalue weighted by atomic mass is 10.1. The molecular formula is C13H21ClN2S. The average molecular weight is 273 g/mol. The molecule has 1 rings (SSSR count). The van der Waals surface area contributed by atoms with Gasteiger partial charge in [-0.3, -0.25) is 0 Å². The van der Waals surface area contributed by atoms with E-state index in [0.29, 0.717) is 0 Å². The number of para-hydroxylation sites is 1. The second kappa shape index (κ2) is 7.85. The van der Waals surface area contributed by atoms with Crippen molar-refractivity contribution in [3.63, 3.8) is 0 Å². The zero-order valence-electron chi connectivity index (χ0n) is 10.8. The Morgan fingerprint density at radius 1 is 1.41 bits per heavy atom. The van der Waals surface area contributed by atoms with Gasteiger partial charge in [-0.05, 0) is 37.1 Å². The van der Waals surface area contributed by atoms with Crippen LogP contribution in [0.25, 0.3) is 0 Å². The molecule has 0 spiro atoms. The van der Waals surface area contributed by atoms with E-state index in [4.69, 9.17) is 11.6 Å². The molecule has 4 heteroatoms. The van der Waals surface area contributed by atoms with Crippen molar-refractivity contribution in [3.8, 4) is 0 Å².